The first-order chi connectivity index (χ1) is 9.09. The molecule has 0 saturated carbocycles. The van der Waals surface area contributed by atoms with Crippen molar-refractivity contribution in [3.05, 3.63) is 66.2 Å². The van der Waals surface area contributed by atoms with E-state index >= 15 is 0 Å². The first-order valence-corrected chi connectivity index (χ1v) is 6.30. The normalized spacial score (nSPS) is 11.7. The van der Waals surface area contributed by atoms with Crippen molar-refractivity contribution in [3.8, 4) is 0 Å². The van der Waals surface area contributed by atoms with E-state index in [2.05, 4.69) is 4.99 Å². The highest BCUT2D eigenvalue weighted by Crippen LogP contribution is 2.21. The molecule has 0 radical (unpaired) electrons. The van der Waals surface area contributed by atoms with Crippen molar-refractivity contribution in [1.29, 1.82) is 0 Å². The van der Waals surface area contributed by atoms with Crippen molar-refractivity contribution in [2.24, 2.45) is 10.4 Å². The minimum atomic E-state index is -0.614. The summed E-state index contributed by atoms with van der Waals surface area (Å²) in [7, 11) is 0. The molecule has 2 aromatic carbocycles. The Bertz CT molecular complexity index is 571. The van der Waals surface area contributed by atoms with E-state index in [-0.39, 0.29) is 5.78 Å². The Morgan fingerprint density at radius 2 is 1.47 bits per heavy atom. The number of carbonyl (C=O) groups is 1. The van der Waals surface area contributed by atoms with E-state index in [1.807, 2.05) is 74.5 Å². The van der Waals surface area contributed by atoms with Crippen molar-refractivity contribution in [2.45, 2.75) is 13.8 Å². The van der Waals surface area contributed by atoms with Gasteiger partial charge in [-0.25, -0.2) is 0 Å². The van der Waals surface area contributed by atoms with Crippen LogP contribution in [0.5, 0.6) is 0 Å². The van der Waals surface area contributed by atoms with Crippen LogP contribution in [0.25, 0.3) is 0 Å². The van der Waals surface area contributed by atoms with Crippen LogP contribution in [0.4, 0.5) is 5.69 Å². The van der Waals surface area contributed by atoms with Gasteiger partial charge in [-0.15, -0.1) is 0 Å². The van der Waals surface area contributed by atoms with E-state index in [1.54, 1.807) is 6.21 Å². The molecule has 0 aliphatic carbocycles. The van der Waals surface area contributed by atoms with E-state index < -0.39 is 5.41 Å². The largest absolute Gasteiger partial charge is 0.293 e. The first kappa shape index (κ1) is 13.2. The minimum Gasteiger partial charge on any atom is -0.293 e. The lowest BCUT2D eigenvalue weighted by Crippen LogP contribution is -2.25. The van der Waals surface area contributed by atoms with Gasteiger partial charge in [0, 0.05) is 11.8 Å². The molecule has 0 atom stereocenters. The fourth-order valence-corrected chi connectivity index (χ4v) is 1.77. The van der Waals surface area contributed by atoms with Crippen molar-refractivity contribution in [3.63, 3.8) is 0 Å². The molecule has 0 fully saturated rings. The van der Waals surface area contributed by atoms with Gasteiger partial charge in [0.05, 0.1) is 11.1 Å². The summed E-state index contributed by atoms with van der Waals surface area (Å²) in [5.74, 6) is 0.0766. The molecule has 96 valence electrons. The molecule has 2 nitrogen and oxygen atoms in total. The number of para-hydroxylation sites is 1. The molecule has 2 rings (SSSR count). The van der Waals surface area contributed by atoms with E-state index in [1.165, 1.54) is 0 Å². The van der Waals surface area contributed by atoms with Gasteiger partial charge < -0.3 is 0 Å². The lowest BCUT2D eigenvalue weighted by Gasteiger charge is -2.17. The average Bonchev–Trinajstić information content (AvgIpc) is 2.46. The summed E-state index contributed by atoms with van der Waals surface area (Å²) in [6, 6.07) is 19.0. The topological polar surface area (TPSA) is 29.4 Å². The van der Waals surface area contributed by atoms with Crippen LogP contribution in [-0.4, -0.2) is 12.0 Å². The molecule has 0 heterocycles. The summed E-state index contributed by atoms with van der Waals surface area (Å²) in [6.07, 6.45) is 1.72. The van der Waals surface area contributed by atoms with Gasteiger partial charge in [0.2, 0.25) is 0 Å². The number of nitrogens with zero attached hydrogens (tertiary/aromatic N) is 1. The maximum atomic E-state index is 12.4. The zero-order valence-corrected chi connectivity index (χ0v) is 11.2. The molecular weight excluding hydrogens is 234 g/mol. The van der Waals surface area contributed by atoms with Gasteiger partial charge >= 0.3 is 0 Å². The van der Waals surface area contributed by atoms with Crippen LogP contribution in [0.2, 0.25) is 0 Å². The summed E-state index contributed by atoms with van der Waals surface area (Å²) >= 11 is 0. The molecule has 0 spiro atoms. The predicted octanol–water partition coefficient (Wildman–Crippen LogP) is 4.30. The highest BCUT2D eigenvalue weighted by atomic mass is 16.1. The van der Waals surface area contributed by atoms with Crippen LogP contribution in [0.3, 0.4) is 0 Å². The Kier molecular flexibility index (Phi) is 3.91. The Morgan fingerprint density at radius 3 is 2.05 bits per heavy atom. The second-order valence-electron chi connectivity index (χ2n) is 5.01. The van der Waals surface area contributed by atoms with Gasteiger partial charge in [0.15, 0.2) is 5.78 Å². The van der Waals surface area contributed by atoms with Gasteiger partial charge in [0.1, 0.15) is 0 Å². The molecule has 0 unspecified atom stereocenters. The monoisotopic (exact) mass is 251 g/mol. The van der Waals surface area contributed by atoms with Gasteiger partial charge in [-0.3, -0.25) is 9.79 Å². The molecule has 19 heavy (non-hydrogen) atoms. The second kappa shape index (κ2) is 5.61. The minimum absolute atomic E-state index is 0.0766. The van der Waals surface area contributed by atoms with Crippen LogP contribution >= 0.6 is 0 Å². The van der Waals surface area contributed by atoms with Gasteiger partial charge in [-0.05, 0) is 26.0 Å². The average molecular weight is 251 g/mol. The third-order valence-electron chi connectivity index (χ3n) is 2.91. The van der Waals surface area contributed by atoms with Crippen LogP contribution in [0, 0.1) is 5.41 Å². The maximum Gasteiger partial charge on any atom is 0.173 e. The van der Waals surface area contributed by atoms with Gasteiger partial charge in [0.25, 0.3) is 0 Å². The molecule has 0 aliphatic rings. The summed E-state index contributed by atoms with van der Waals surface area (Å²) in [5, 5.41) is 0. The highest BCUT2D eigenvalue weighted by molar-refractivity contribution is 6.09. The number of benzene rings is 2. The Labute approximate surface area is 113 Å². The van der Waals surface area contributed by atoms with Gasteiger partial charge in [-0.1, -0.05) is 48.5 Å². The van der Waals surface area contributed by atoms with Crippen LogP contribution in [0.15, 0.2) is 65.7 Å². The molecule has 0 aliphatic heterocycles. The third kappa shape index (κ3) is 3.38. The summed E-state index contributed by atoms with van der Waals surface area (Å²) in [6.45, 7) is 3.77. The Hall–Kier alpha value is -2.22. The zero-order valence-electron chi connectivity index (χ0n) is 11.2. The highest BCUT2D eigenvalue weighted by Gasteiger charge is 2.26. The number of rotatable bonds is 4. The van der Waals surface area contributed by atoms with E-state index in [4.69, 9.17) is 0 Å². The lowest BCUT2D eigenvalue weighted by atomic mass is 9.85. The summed E-state index contributed by atoms with van der Waals surface area (Å²) < 4.78 is 0. The van der Waals surface area contributed by atoms with E-state index in [0.29, 0.717) is 5.56 Å². The van der Waals surface area contributed by atoms with Crippen molar-refractivity contribution < 1.29 is 4.79 Å². The van der Waals surface area contributed by atoms with E-state index in [9.17, 15) is 4.79 Å². The number of hydrogen-bond acceptors (Lipinski definition) is 2. The van der Waals surface area contributed by atoms with E-state index in [0.717, 1.165) is 5.69 Å². The number of Topliss-reactive ketones (excluding diaryl/α,β-unsaturated/α-hetero) is 1. The smallest absolute Gasteiger partial charge is 0.173 e. The molecule has 0 N–H and O–H groups in total. The molecule has 2 heteroatoms. The number of ketones is 1. The number of hydrogen-bond donors (Lipinski definition) is 0. The molecule has 0 bridgehead atoms. The maximum absolute atomic E-state index is 12.4. The lowest BCUT2D eigenvalue weighted by molar-refractivity contribution is 0.0905. The molecular formula is C17H17NO. The van der Waals surface area contributed by atoms with Crippen molar-refractivity contribution >= 4 is 17.7 Å². The standard InChI is InChI=1S/C17H17NO/c1-17(2,13-18-15-11-7-4-8-12-15)16(19)14-9-5-3-6-10-14/h3-13H,1-2H3. The molecule has 0 aromatic heterocycles. The number of carbonyl (C=O) groups excluding carboxylic acids is 1. The van der Waals surface area contributed by atoms with Gasteiger partial charge in [-0.2, -0.15) is 0 Å². The fourth-order valence-electron chi connectivity index (χ4n) is 1.77. The summed E-state index contributed by atoms with van der Waals surface area (Å²) in [5.41, 5.74) is 0.959. The second-order valence-corrected chi connectivity index (χ2v) is 5.01. The Balaban J connectivity index is 2.19. The van der Waals surface area contributed by atoms with Crippen LogP contribution in [-0.2, 0) is 0 Å². The van der Waals surface area contributed by atoms with Crippen LogP contribution in [0.1, 0.15) is 24.2 Å². The molecule has 0 amide bonds. The molecule has 2 aromatic rings. The SMILES string of the molecule is CC(C)(C=Nc1ccccc1)C(=O)c1ccccc1. The van der Waals surface area contributed by atoms with Crippen molar-refractivity contribution in [1.82, 2.24) is 0 Å². The zero-order chi connectivity index (χ0) is 13.7. The predicted molar refractivity (Wildman–Crippen MR) is 79.1 cm³/mol. The molecule has 0 saturated heterocycles. The van der Waals surface area contributed by atoms with Crippen molar-refractivity contribution in [2.75, 3.05) is 0 Å². The quantitative estimate of drug-likeness (QED) is 0.588. The Morgan fingerprint density at radius 1 is 0.947 bits per heavy atom. The first-order valence-electron chi connectivity index (χ1n) is 6.30. The van der Waals surface area contributed by atoms with Crippen LogP contribution < -0.4 is 0 Å². The third-order valence-corrected chi connectivity index (χ3v) is 2.91. The number of aliphatic imine (C=N–C) groups is 1. The fraction of sp³-hybridized carbons (Fsp3) is 0.176. The summed E-state index contributed by atoms with van der Waals surface area (Å²) in [4.78, 5) is 16.8.